The van der Waals surface area contributed by atoms with Crippen molar-refractivity contribution in [3.05, 3.63) is 57.3 Å². The van der Waals surface area contributed by atoms with Gasteiger partial charge in [-0.3, -0.25) is 19.4 Å². The van der Waals surface area contributed by atoms with Gasteiger partial charge in [0.15, 0.2) is 17.7 Å². The van der Waals surface area contributed by atoms with Gasteiger partial charge in [-0.15, -0.1) is 0 Å². The van der Waals surface area contributed by atoms with Gasteiger partial charge in [-0.05, 0) is 31.4 Å². The zero-order valence-corrected chi connectivity index (χ0v) is 17.1. The highest BCUT2D eigenvalue weighted by Gasteiger charge is 2.47. The zero-order valence-electron chi connectivity index (χ0n) is 17.1. The van der Waals surface area contributed by atoms with Gasteiger partial charge in [0.05, 0.1) is 30.5 Å². The van der Waals surface area contributed by atoms with E-state index in [0.717, 1.165) is 37.4 Å². The number of alkyl halides is 3. The number of amides is 2. The van der Waals surface area contributed by atoms with Crippen LogP contribution in [0.5, 0.6) is 5.75 Å². The van der Waals surface area contributed by atoms with Gasteiger partial charge < -0.3 is 24.6 Å². The zero-order chi connectivity index (χ0) is 23.5. The normalized spacial score (nSPS) is 23.8. The maximum Gasteiger partial charge on any atom is 0.418 e. The molecule has 12 heteroatoms. The smallest absolute Gasteiger partial charge is 0.418 e. The van der Waals surface area contributed by atoms with E-state index in [-0.39, 0.29) is 24.4 Å². The minimum absolute atomic E-state index is 0.0301. The van der Waals surface area contributed by atoms with Crippen LogP contribution in [0.3, 0.4) is 0 Å². The van der Waals surface area contributed by atoms with Crippen LogP contribution in [0.15, 0.2) is 29.3 Å². The van der Waals surface area contributed by atoms with Gasteiger partial charge in [-0.25, -0.2) is 0 Å². The Morgan fingerprint density at radius 2 is 2.09 bits per heavy atom. The first kappa shape index (κ1) is 21.4. The van der Waals surface area contributed by atoms with E-state index in [0.29, 0.717) is 6.42 Å². The van der Waals surface area contributed by atoms with E-state index in [1.54, 1.807) is 0 Å². The Hall–Kier alpha value is -3.41. The van der Waals surface area contributed by atoms with Crippen molar-refractivity contribution in [2.45, 2.75) is 56.9 Å². The molecule has 0 radical (unpaired) electrons. The number of pyridine rings is 2. The second-order valence-electron chi connectivity index (χ2n) is 8.29. The number of carbonyl (C=O) groups is 2. The molecule has 2 fully saturated rings. The SMILES string of the molecule is O=C(NCc1ncccc1C(F)(F)F)c1cn2c(c(O)c1=O)C(=O)N1[C@@H]3CC[C@H](C3)O[C@H]1C2. The number of ether oxygens (including phenoxy) is 1. The molecule has 9 nitrogen and oxygen atoms in total. The minimum atomic E-state index is -4.66. The number of nitrogens with one attached hydrogen (secondary N) is 1. The molecule has 2 N–H and O–H groups in total. The van der Waals surface area contributed by atoms with Gasteiger partial charge in [0.25, 0.3) is 11.8 Å². The molecule has 2 amide bonds. The Kier molecular flexibility index (Phi) is 4.92. The van der Waals surface area contributed by atoms with Crippen LogP contribution in [0, 0.1) is 0 Å². The van der Waals surface area contributed by atoms with E-state index in [1.807, 2.05) is 0 Å². The van der Waals surface area contributed by atoms with E-state index in [4.69, 9.17) is 4.74 Å². The van der Waals surface area contributed by atoms with Gasteiger partial charge in [0, 0.05) is 18.4 Å². The van der Waals surface area contributed by atoms with Crippen LogP contribution in [0.4, 0.5) is 13.2 Å². The molecule has 0 aromatic carbocycles. The van der Waals surface area contributed by atoms with E-state index in [9.17, 15) is 32.7 Å². The number of hydrogen-bond acceptors (Lipinski definition) is 6. The van der Waals surface area contributed by atoms with Crippen molar-refractivity contribution >= 4 is 11.8 Å². The maximum atomic E-state index is 13.1. The number of aromatic nitrogens is 2. The summed E-state index contributed by atoms with van der Waals surface area (Å²) in [5.74, 6) is -2.43. The topological polar surface area (TPSA) is 114 Å². The van der Waals surface area contributed by atoms with Gasteiger partial charge in [-0.1, -0.05) is 0 Å². The third-order valence-electron chi connectivity index (χ3n) is 6.31. The maximum absolute atomic E-state index is 13.1. The lowest BCUT2D eigenvalue weighted by atomic mass is 10.1. The fraction of sp³-hybridized carbons (Fsp3) is 0.429. The first-order valence-corrected chi connectivity index (χ1v) is 10.4. The van der Waals surface area contributed by atoms with Gasteiger partial charge in [0.1, 0.15) is 5.56 Å². The molecular formula is C21H19F3N4O5. The van der Waals surface area contributed by atoms with Crippen LogP contribution in [-0.4, -0.2) is 49.7 Å². The highest BCUT2D eigenvalue weighted by Crippen LogP contribution is 2.38. The summed E-state index contributed by atoms with van der Waals surface area (Å²) in [6.45, 7) is -0.473. The lowest BCUT2D eigenvalue weighted by molar-refractivity contribution is -0.138. The molecule has 1 saturated heterocycles. The average molecular weight is 464 g/mol. The fourth-order valence-corrected chi connectivity index (χ4v) is 4.81. The summed E-state index contributed by atoms with van der Waals surface area (Å²) >= 11 is 0. The summed E-state index contributed by atoms with van der Waals surface area (Å²) in [6, 6.07) is 1.93. The van der Waals surface area contributed by atoms with Crippen molar-refractivity contribution in [3.63, 3.8) is 0 Å². The van der Waals surface area contributed by atoms with Crippen LogP contribution in [-0.2, 0) is 24.0 Å². The molecule has 2 aliphatic heterocycles. The first-order chi connectivity index (χ1) is 15.6. The standard InChI is InChI=1S/C21H19F3N4O5/c22-21(23,24)13-2-1-5-25-14(13)7-26-19(31)12-8-27-9-15-28(10-3-4-11(6-10)33-15)20(32)16(27)18(30)17(12)29/h1-2,5,8,10-11,15,30H,3-4,6-7,9H2,(H,26,31)/t10-,11-,15+/m1/s1. The molecule has 2 aromatic rings. The Balaban J connectivity index is 1.43. The lowest BCUT2D eigenvalue weighted by Crippen LogP contribution is -2.57. The van der Waals surface area contributed by atoms with E-state index < -0.39 is 58.8 Å². The molecule has 3 atom stereocenters. The largest absolute Gasteiger partial charge is 0.503 e. The Morgan fingerprint density at radius 1 is 1.30 bits per heavy atom. The van der Waals surface area contributed by atoms with E-state index in [1.165, 1.54) is 9.47 Å². The van der Waals surface area contributed by atoms with Crippen molar-refractivity contribution in [1.82, 2.24) is 19.8 Å². The first-order valence-electron chi connectivity index (χ1n) is 10.4. The van der Waals surface area contributed by atoms with Gasteiger partial charge in [-0.2, -0.15) is 13.2 Å². The molecule has 33 heavy (non-hydrogen) atoms. The molecule has 4 heterocycles. The number of halogens is 3. The molecule has 0 unspecified atom stereocenters. The van der Waals surface area contributed by atoms with Crippen LogP contribution in [0.25, 0.3) is 0 Å². The third-order valence-corrected chi connectivity index (χ3v) is 6.31. The highest BCUT2D eigenvalue weighted by atomic mass is 19.4. The van der Waals surface area contributed by atoms with Crippen molar-refractivity contribution in [2.24, 2.45) is 0 Å². The van der Waals surface area contributed by atoms with Crippen molar-refractivity contribution in [3.8, 4) is 5.75 Å². The van der Waals surface area contributed by atoms with Crippen LogP contribution >= 0.6 is 0 Å². The summed E-state index contributed by atoms with van der Waals surface area (Å²) in [5.41, 5.74) is -3.24. The molecule has 2 aromatic heterocycles. The third kappa shape index (κ3) is 3.54. The molecule has 3 aliphatic rings. The fourth-order valence-electron chi connectivity index (χ4n) is 4.81. The van der Waals surface area contributed by atoms with Crippen molar-refractivity contribution in [1.29, 1.82) is 0 Å². The monoisotopic (exact) mass is 464 g/mol. The lowest BCUT2D eigenvalue weighted by Gasteiger charge is -2.44. The summed E-state index contributed by atoms with van der Waals surface area (Å²) in [7, 11) is 0. The molecule has 174 valence electrons. The highest BCUT2D eigenvalue weighted by molar-refractivity contribution is 5.99. The van der Waals surface area contributed by atoms with Gasteiger partial charge >= 0.3 is 6.18 Å². The number of nitrogens with zero attached hydrogens (tertiary/aromatic N) is 3. The van der Waals surface area contributed by atoms with E-state index >= 15 is 0 Å². The second-order valence-corrected chi connectivity index (χ2v) is 8.29. The quantitative estimate of drug-likeness (QED) is 0.714. The second kappa shape index (κ2) is 7.58. The Bertz CT molecular complexity index is 1210. The van der Waals surface area contributed by atoms with Crippen molar-refractivity contribution in [2.75, 3.05) is 0 Å². The van der Waals surface area contributed by atoms with E-state index in [2.05, 4.69) is 10.3 Å². The Morgan fingerprint density at radius 3 is 2.85 bits per heavy atom. The molecule has 5 rings (SSSR count). The number of hydrogen-bond donors (Lipinski definition) is 2. The predicted octanol–water partition coefficient (Wildman–Crippen LogP) is 1.63. The molecule has 2 bridgehead atoms. The molecular weight excluding hydrogens is 445 g/mol. The number of rotatable bonds is 3. The summed E-state index contributed by atoms with van der Waals surface area (Å²) < 4.78 is 46.7. The summed E-state index contributed by atoms with van der Waals surface area (Å²) in [6.07, 6.45) is -0.655. The summed E-state index contributed by atoms with van der Waals surface area (Å²) in [5, 5.41) is 12.7. The van der Waals surface area contributed by atoms with Crippen LogP contribution in [0.1, 0.15) is 51.4 Å². The number of fused-ring (bicyclic) bond motifs is 5. The summed E-state index contributed by atoms with van der Waals surface area (Å²) in [4.78, 5) is 43.6. The Labute approximate surface area is 184 Å². The number of carbonyl (C=O) groups excluding carboxylic acids is 2. The predicted molar refractivity (Wildman–Crippen MR) is 105 cm³/mol. The average Bonchev–Trinajstić information content (AvgIpc) is 3.14. The molecule has 1 saturated carbocycles. The van der Waals surface area contributed by atoms with Crippen LogP contribution < -0.4 is 10.7 Å². The van der Waals surface area contributed by atoms with Gasteiger partial charge in [0.2, 0.25) is 5.43 Å². The molecule has 1 aliphatic carbocycles. The minimum Gasteiger partial charge on any atom is -0.503 e. The van der Waals surface area contributed by atoms with Crippen LogP contribution in [0.2, 0.25) is 0 Å². The van der Waals surface area contributed by atoms with Crippen molar-refractivity contribution < 1.29 is 32.6 Å². The number of aromatic hydroxyl groups is 1. The molecule has 0 spiro atoms.